The van der Waals surface area contributed by atoms with Gasteiger partial charge in [-0.2, -0.15) is 0 Å². The lowest BCUT2D eigenvalue weighted by Crippen LogP contribution is -2.29. The fraction of sp³-hybridized carbons (Fsp3) is 0.0741. The zero-order valence-corrected chi connectivity index (χ0v) is 20.7. The molecular formula is C27H26FN3OPS+. The predicted octanol–water partition coefficient (Wildman–Crippen LogP) is 5.91. The molecule has 0 amide bonds. The van der Waals surface area contributed by atoms with E-state index < -0.39 is 17.1 Å². The summed E-state index contributed by atoms with van der Waals surface area (Å²) in [4.78, 5) is 0. The van der Waals surface area contributed by atoms with Crippen molar-refractivity contribution < 1.29 is 8.60 Å². The summed E-state index contributed by atoms with van der Waals surface area (Å²) >= 11 is 0. The molecule has 4 rings (SSSR count). The van der Waals surface area contributed by atoms with Crippen LogP contribution in [-0.2, 0) is 9.73 Å². The van der Waals surface area contributed by atoms with E-state index in [1.54, 1.807) is 24.6 Å². The van der Waals surface area contributed by atoms with Crippen molar-refractivity contribution in [3.63, 3.8) is 0 Å². The van der Waals surface area contributed by atoms with Crippen molar-refractivity contribution in [3.05, 3.63) is 127 Å². The summed E-state index contributed by atoms with van der Waals surface area (Å²) in [5.41, 5.74) is 5.28. The Hall–Kier alpha value is -3.34. The van der Waals surface area contributed by atoms with Crippen LogP contribution in [0, 0.1) is 5.82 Å². The first-order valence-corrected chi connectivity index (χ1v) is 14.8. The minimum atomic E-state index is -2.89. The van der Waals surface area contributed by atoms with Crippen LogP contribution >= 0.6 is 7.41 Å². The summed E-state index contributed by atoms with van der Waals surface area (Å²) in [5.74, 6) is -0.339. The summed E-state index contributed by atoms with van der Waals surface area (Å²) in [7, 11) is -5.47. The minimum Gasteiger partial charge on any atom is -0.275 e. The Balaban J connectivity index is 2.09. The van der Waals surface area contributed by atoms with Crippen LogP contribution in [0.15, 0.2) is 124 Å². The van der Waals surface area contributed by atoms with E-state index in [4.69, 9.17) is 9.23 Å². The largest absolute Gasteiger partial charge is 0.275 e. The molecule has 1 N–H and O–H groups in total. The van der Waals surface area contributed by atoms with Gasteiger partial charge in [-0.1, -0.05) is 58.7 Å². The van der Waals surface area contributed by atoms with E-state index in [9.17, 15) is 8.60 Å². The SMILES string of the molecule is CS(C)(=O)=N[P+](/C(=N/Nc1ccccc1)c1ccc(F)cc1)(c1ccccc1)c1ccccc1. The second-order valence-corrected chi connectivity index (χ2v) is 13.7. The average molecular weight is 491 g/mol. The zero-order valence-electron chi connectivity index (χ0n) is 19.0. The van der Waals surface area contributed by atoms with E-state index in [0.29, 0.717) is 11.0 Å². The Kier molecular flexibility index (Phi) is 7.20. The Bertz CT molecular complexity index is 1340. The number of nitrogens with zero attached hydrogens (tertiary/aromatic N) is 2. The molecule has 0 aromatic heterocycles. The summed E-state index contributed by atoms with van der Waals surface area (Å²) in [6.07, 6.45) is 3.28. The molecule has 0 unspecified atom stereocenters. The molecule has 4 aromatic carbocycles. The smallest absolute Gasteiger partial charge is 0.261 e. The van der Waals surface area contributed by atoms with Gasteiger partial charge in [0, 0.05) is 18.1 Å². The molecule has 0 spiro atoms. The van der Waals surface area contributed by atoms with Crippen LogP contribution in [0.2, 0.25) is 0 Å². The molecule has 0 aliphatic rings. The quantitative estimate of drug-likeness (QED) is 0.199. The molecule has 0 fully saturated rings. The maximum absolute atomic E-state index is 13.9. The van der Waals surface area contributed by atoms with E-state index in [0.717, 1.165) is 16.3 Å². The number of halogens is 1. The van der Waals surface area contributed by atoms with Crippen molar-refractivity contribution in [2.24, 2.45) is 9.23 Å². The van der Waals surface area contributed by atoms with Crippen LogP contribution in [-0.4, -0.2) is 22.2 Å². The number of hydrazone groups is 1. The third kappa shape index (κ3) is 5.41. The van der Waals surface area contributed by atoms with Gasteiger partial charge in [0.2, 0.25) is 5.45 Å². The van der Waals surface area contributed by atoms with Gasteiger partial charge in [0.15, 0.2) is 0 Å². The normalized spacial score (nSPS) is 12.3. The molecule has 0 bridgehead atoms. The lowest BCUT2D eigenvalue weighted by molar-refractivity contribution is 0.628. The zero-order chi connectivity index (χ0) is 24.0. The minimum absolute atomic E-state index is 0.339. The first-order valence-electron chi connectivity index (χ1n) is 10.7. The molecule has 34 heavy (non-hydrogen) atoms. The summed E-state index contributed by atoms with van der Waals surface area (Å²) in [6, 6.07) is 35.5. The molecule has 0 radical (unpaired) electrons. The summed E-state index contributed by atoms with van der Waals surface area (Å²) < 4.78 is 32.3. The standard InChI is InChI=1S/C27H26FN3OPS/c1-34(2,32)31-33(25-14-8-4-9-15-25,26-16-10-5-11-17-26)27(22-18-20-23(28)21-19-22)30-29-24-12-6-3-7-13-24/h3-21,29H,1-2H3/q+1/b30-27+. The fourth-order valence-corrected chi connectivity index (χ4v) is 9.80. The lowest BCUT2D eigenvalue weighted by Gasteiger charge is -2.23. The molecule has 4 nitrogen and oxygen atoms in total. The first kappa shape index (κ1) is 23.8. The topological polar surface area (TPSA) is 53.8 Å². The molecule has 4 aromatic rings. The van der Waals surface area contributed by atoms with Gasteiger partial charge in [0.1, 0.15) is 16.4 Å². The van der Waals surface area contributed by atoms with Gasteiger partial charge < -0.3 is 0 Å². The van der Waals surface area contributed by atoms with Gasteiger partial charge in [-0.15, -0.1) is 5.10 Å². The molecule has 0 atom stereocenters. The van der Waals surface area contributed by atoms with E-state index in [1.165, 1.54) is 12.1 Å². The van der Waals surface area contributed by atoms with Gasteiger partial charge >= 0.3 is 0 Å². The average Bonchev–Trinajstić information content (AvgIpc) is 2.85. The molecule has 0 heterocycles. The number of nitrogens with one attached hydrogen (secondary N) is 1. The van der Waals surface area contributed by atoms with Crippen molar-refractivity contribution in [3.8, 4) is 0 Å². The van der Waals surface area contributed by atoms with Crippen LogP contribution in [0.5, 0.6) is 0 Å². The van der Waals surface area contributed by atoms with E-state index in [1.807, 2.05) is 91.0 Å². The van der Waals surface area contributed by atoms with Crippen LogP contribution in [0.3, 0.4) is 0 Å². The molecule has 0 saturated heterocycles. The summed E-state index contributed by atoms with van der Waals surface area (Å²) in [5, 5.41) is 6.70. The number of hydrogen-bond donors (Lipinski definition) is 1. The summed E-state index contributed by atoms with van der Waals surface area (Å²) in [6.45, 7) is 0. The van der Waals surface area contributed by atoms with Gasteiger partial charge in [0.25, 0.3) is 7.41 Å². The van der Waals surface area contributed by atoms with E-state index in [2.05, 4.69) is 5.43 Å². The van der Waals surface area contributed by atoms with Crippen LogP contribution in [0.1, 0.15) is 5.56 Å². The van der Waals surface area contributed by atoms with Crippen LogP contribution in [0.4, 0.5) is 10.1 Å². The Morgan fingerprint density at radius 2 is 1.21 bits per heavy atom. The van der Waals surface area contributed by atoms with Crippen molar-refractivity contribution in [1.82, 2.24) is 0 Å². The second-order valence-electron chi connectivity index (χ2n) is 7.99. The molecule has 0 aliphatic heterocycles. The fourth-order valence-electron chi connectivity index (χ4n) is 3.66. The third-order valence-corrected chi connectivity index (χ3v) is 10.7. The molecular weight excluding hydrogens is 464 g/mol. The van der Waals surface area contributed by atoms with E-state index in [-0.39, 0.29) is 5.82 Å². The molecule has 172 valence electrons. The molecule has 7 heteroatoms. The van der Waals surface area contributed by atoms with Crippen LogP contribution in [0.25, 0.3) is 0 Å². The third-order valence-electron chi connectivity index (χ3n) is 5.05. The number of para-hydroxylation sites is 1. The maximum Gasteiger partial charge on any atom is 0.261 e. The van der Waals surface area contributed by atoms with Gasteiger partial charge in [-0.05, 0) is 60.7 Å². The highest BCUT2D eigenvalue weighted by Gasteiger charge is 2.52. The number of benzene rings is 4. The van der Waals surface area contributed by atoms with E-state index >= 15 is 0 Å². The molecule has 0 aliphatic carbocycles. The van der Waals surface area contributed by atoms with Crippen molar-refractivity contribution >= 4 is 38.9 Å². The van der Waals surface area contributed by atoms with Crippen molar-refractivity contribution in [2.75, 3.05) is 17.9 Å². The second kappa shape index (κ2) is 10.3. The Morgan fingerprint density at radius 1 is 0.735 bits per heavy atom. The van der Waals surface area contributed by atoms with Gasteiger partial charge in [-0.3, -0.25) is 5.43 Å². The Morgan fingerprint density at radius 3 is 1.68 bits per heavy atom. The maximum atomic E-state index is 13.9. The Labute approximate surface area is 201 Å². The van der Waals surface area contributed by atoms with Crippen LogP contribution < -0.4 is 16.0 Å². The monoisotopic (exact) mass is 490 g/mol. The van der Waals surface area contributed by atoms with Crippen molar-refractivity contribution in [2.45, 2.75) is 0 Å². The number of rotatable bonds is 7. The highest BCUT2D eigenvalue weighted by atomic mass is 32.2. The first-order chi connectivity index (χ1) is 16.4. The molecule has 0 saturated carbocycles. The number of hydrogen-bond acceptors (Lipinski definition) is 4. The lowest BCUT2D eigenvalue weighted by atomic mass is 10.2. The van der Waals surface area contributed by atoms with Gasteiger partial charge in [-0.25, -0.2) is 8.60 Å². The van der Waals surface area contributed by atoms with Crippen molar-refractivity contribution in [1.29, 1.82) is 0 Å². The predicted molar refractivity (Wildman–Crippen MR) is 144 cm³/mol. The highest BCUT2D eigenvalue weighted by molar-refractivity contribution is 8.08. The number of anilines is 1. The highest BCUT2D eigenvalue weighted by Crippen LogP contribution is 2.61. The van der Waals surface area contributed by atoms with Gasteiger partial charge in [0.05, 0.1) is 15.4 Å².